The van der Waals surface area contributed by atoms with Crippen molar-refractivity contribution >= 4 is 18.3 Å². The Morgan fingerprint density at radius 2 is 2.08 bits per heavy atom. The number of furan rings is 1. The number of likely N-dealkylation sites (tertiary alicyclic amines) is 1. The van der Waals surface area contributed by atoms with Crippen LogP contribution in [0.5, 0.6) is 0 Å². The van der Waals surface area contributed by atoms with Gasteiger partial charge in [0.1, 0.15) is 17.3 Å². The standard InChI is InChI=1S/C18H21FN2O2.ClH/c19-16-6-2-1-5-15(16)17-9-7-14(23-17)8-10-18(22)21-11-3-4-13(21)12-20;/h1-2,5-7,9,13H,3-4,8,10-12,20H2;1H. The molecule has 1 amide bonds. The molecule has 3 rings (SSSR count). The summed E-state index contributed by atoms with van der Waals surface area (Å²) in [6.07, 6.45) is 2.91. The number of nitrogens with two attached hydrogens (primary N) is 1. The summed E-state index contributed by atoms with van der Waals surface area (Å²) >= 11 is 0. The minimum atomic E-state index is -0.313. The molecule has 0 spiro atoms. The van der Waals surface area contributed by atoms with Crippen LogP contribution in [-0.2, 0) is 11.2 Å². The SMILES string of the molecule is Cl.NCC1CCCN1C(=O)CCc1ccc(-c2ccccc2F)o1. The highest BCUT2D eigenvalue weighted by Crippen LogP contribution is 2.25. The lowest BCUT2D eigenvalue weighted by Gasteiger charge is -2.23. The van der Waals surface area contributed by atoms with Crippen molar-refractivity contribution in [1.82, 2.24) is 4.90 Å². The van der Waals surface area contributed by atoms with Gasteiger partial charge in [-0.15, -0.1) is 12.4 Å². The third-order valence-electron chi connectivity index (χ3n) is 4.36. The molecule has 1 aromatic heterocycles. The third kappa shape index (κ3) is 3.97. The first kappa shape index (κ1) is 18.5. The molecule has 1 fully saturated rings. The second-order valence-electron chi connectivity index (χ2n) is 5.86. The minimum Gasteiger partial charge on any atom is -0.461 e. The highest BCUT2D eigenvalue weighted by atomic mass is 35.5. The number of amides is 1. The molecule has 1 atom stereocenters. The van der Waals surface area contributed by atoms with Crippen LogP contribution >= 0.6 is 12.4 Å². The Morgan fingerprint density at radius 3 is 2.83 bits per heavy atom. The first-order valence-corrected chi connectivity index (χ1v) is 8.02. The molecule has 0 saturated carbocycles. The molecule has 2 heterocycles. The van der Waals surface area contributed by atoms with Crippen molar-refractivity contribution in [2.24, 2.45) is 5.73 Å². The number of hydrogen-bond donors (Lipinski definition) is 1. The normalized spacial score (nSPS) is 16.9. The highest BCUT2D eigenvalue weighted by molar-refractivity contribution is 5.85. The molecule has 0 aliphatic carbocycles. The topological polar surface area (TPSA) is 59.5 Å². The van der Waals surface area contributed by atoms with E-state index in [9.17, 15) is 9.18 Å². The van der Waals surface area contributed by atoms with Crippen LogP contribution in [0.4, 0.5) is 4.39 Å². The maximum Gasteiger partial charge on any atom is 0.223 e. The quantitative estimate of drug-likeness (QED) is 0.897. The average molecular weight is 353 g/mol. The monoisotopic (exact) mass is 352 g/mol. The summed E-state index contributed by atoms with van der Waals surface area (Å²) in [6.45, 7) is 1.31. The van der Waals surface area contributed by atoms with E-state index in [2.05, 4.69) is 0 Å². The Bertz CT molecular complexity index is 689. The molecule has 2 aromatic rings. The van der Waals surface area contributed by atoms with Crippen LogP contribution in [0.25, 0.3) is 11.3 Å². The molecule has 1 aliphatic rings. The van der Waals surface area contributed by atoms with E-state index in [1.165, 1.54) is 6.07 Å². The number of hydrogen-bond acceptors (Lipinski definition) is 3. The molecular formula is C18H22ClFN2O2. The van der Waals surface area contributed by atoms with Crippen molar-refractivity contribution in [3.63, 3.8) is 0 Å². The van der Waals surface area contributed by atoms with Gasteiger partial charge in [-0.2, -0.15) is 0 Å². The van der Waals surface area contributed by atoms with Crippen LogP contribution in [0.1, 0.15) is 25.0 Å². The minimum absolute atomic E-state index is 0. The highest BCUT2D eigenvalue weighted by Gasteiger charge is 2.27. The molecule has 0 bridgehead atoms. The fourth-order valence-corrected chi connectivity index (χ4v) is 3.10. The average Bonchev–Trinajstić information content (AvgIpc) is 3.22. The van der Waals surface area contributed by atoms with Gasteiger partial charge in [-0.05, 0) is 37.1 Å². The van der Waals surface area contributed by atoms with E-state index in [1.807, 2.05) is 4.90 Å². The van der Waals surface area contributed by atoms with Gasteiger partial charge in [0.05, 0.1) is 5.56 Å². The molecular weight excluding hydrogens is 331 g/mol. The molecule has 1 unspecified atom stereocenters. The molecule has 1 aliphatic heterocycles. The lowest BCUT2D eigenvalue weighted by Crippen LogP contribution is -2.39. The van der Waals surface area contributed by atoms with Crippen LogP contribution in [-0.4, -0.2) is 29.9 Å². The summed E-state index contributed by atoms with van der Waals surface area (Å²) < 4.78 is 19.4. The maximum absolute atomic E-state index is 13.8. The number of carbonyl (C=O) groups is 1. The van der Waals surface area contributed by atoms with Gasteiger partial charge in [-0.1, -0.05) is 12.1 Å². The van der Waals surface area contributed by atoms with Crippen LogP contribution < -0.4 is 5.73 Å². The molecule has 1 aromatic carbocycles. The number of benzene rings is 1. The molecule has 6 heteroatoms. The summed E-state index contributed by atoms with van der Waals surface area (Å²) in [5, 5.41) is 0. The van der Waals surface area contributed by atoms with Crippen molar-refractivity contribution in [2.75, 3.05) is 13.1 Å². The zero-order valence-electron chi connectivity index (χ0n) is 13.4. The van der Waals surface area contributed by atoms with E-state index < -0.39 is 0 Å². The van der Waals surface area contributed by atoms with E-state index in [1.54, 1.807) is 30.3 Å². The largest absolute Gasteiger partial charge is 0.461 e. The van der Waals surface area contributed by atoms with Crippen molar-refractivity contribution in [2.45, 2.75) is 31.7 Å². The first-order chi connectivity index (χ1) is 11.2. The van der Waals surface area contributed by atoms with Gasteiger partial charge in [-0.3, -0.25) is 4.79 Å². The maximum atomic E-state index is 13.8. The summed E-state index contributed by atoms with van der Waals surface area (Å²) in [7, 11) is 0. The van der Waals surface area contributed by atoms with Gasteiger partial charge >= 0.3 is 0 Å². The van der Waals surface area contributed by atoms with E-state index >= 15 is 0 Å². The van der Waals surface area contributed by atoms with Crippen LogP contribution in [0.2, 0.25) is 0 Å². The number of carbonyl (C=O) groups excluding carboxylic acids is 1. The lowest BCUT2D eigenvalue weighted by molar-refractivity contribution is -0.131. The number of nitrogens with zero attached hydrogens (tertiary/aromatic N) is 1. The second kappa shape index (κ2) is 8.31. The summed E-state index contributed by atoms with van der Waals surface area (Å²) in [6, 6.07) is 10.2. The van der Waals surface area contributed by atoms with Gasteiger partial charge in [0.15, 0.2) is 0 Å². The molecule has 2 N–H and O–H groups in total. The predicted molar refractivity (Wildman–Crippen MR) is 93.5 cm³/mol. The third-order valence-corrected chi connectivity index (χ3v) is 4.36. The molecule has 4 nitrogen and oxygen atoms in total. The van der Waals surface area contributed by atoms with Crippen LogP contribution in [0.3, 0.4) is 0 Å². The number of halogens is 2. The second-order valence-corrected chi connectivity index (χ2v) is 5.86. The van der Waals surface area contributed by atoms with E-state index in [0.29, 0.717) is 36.5 Å². The smallest absolute Gasteiger partial charge is 0.223 e. The fourth-order valence-electron chi connectivity index (χ4n) is 3.10. The predicted octanol–water partition coefficient (Wildman–Crippen LogP) is 3.39. The van der Waals surface area contributed by atoms with E-state index in [-0.39, 0.29) is 30.2 Å². The van der Waals surface area contributed by atoms with Crippen molar-refractivity contribution in [3.8, 4) is 11.3 Å². The Kier molecular flexibility index (Phi) is 6.40. The van der Waals surface area contributed by atoms with E-state index in [0.717, 1.165) is 19.4 Å². The van der Waals surface area contributed by atoms with Crippen LogP contribution in [0.15, 0.2) is 40.8 Å². The Morgan fingerprint density at radius 1 is 1.29 bits per heavy atom. The van der Waals surface area contributed by atoms with Crippen molar-refractivity contribution in [3.05, 3.63) is 48.0 Å². The zero-order valence-corrected chi connectivity index (χ0v) is 14.2. The van der Waals surface area contributed by atoms with Gasteiger partial charge in [0.25, 0.3) is 0 Å². The van der Waals surface area contributed by atoms with Gasteiger partial charge < -0.3 is 15.1 Å². The zero-order chi connectivity index (χ0) is 16.2. The summed E-state index contributed by atoms with van der Waals surface area (Å²) in [5.41, 5.74) is 6.14. The molecule has 1 saturated heterocycles. The fraction of sp³-hybridized carbons (Fsp3) is 0.389. The van der Waals surface area contributed by atoms with Crippen LogP contribution in [0, 0.1) is 5.82 Å². The first-order valence-electron chi connectivity index (χ1n) is 8.02. The number of rotatable bonds is 5. The van der Waals surface area contributed by atoms with Crippen molar-refractivity contribution < 1.29 is 13.6 Å². The Balaban J connectivity index is 0.00000208. The van der Waals surface area contributed by atoms with E-state index in [4.69, 9.17) is 10.2 Å². The van der Waals surface area contributed by atoms with Gasteiger partial charge in [0.2, 0.25) is 5.91 Å². The van der Waals surface area contributed by atoms with Crippen molar-refractivity contribution in [1.29, 1.82) is 0 Å². The van der Waals surface area contributed by atoms with Gasteiger partial charge in [-0.25, -0.2) is 4.39 Å². The molecule has 24 heavy (non-hydrogen) atoms. The summed E-state index contributed by atoms with van der Waals surface area (Å²) in [5.74, 6) is 0.987. The van der Waals surface area contributed by atoms with Gasteiger partial charge in [0, 0.05) is 32.0 Å². The summed E-state index contributed by atoms with van der Waals surface area (Å²) in [4.78, 5) is 14.2. The lowest BCUT2D eigenvalue weighted by atomic mass is 10.1. The Hall–Kier alpha value is -1.85. The number of aryl methyl sites for hydroxylation is 1. The molecule has 0 radical (unpaired) electrons. The molecule has 130 valence electrons. The Labute approximate surface area is 147 Å².